The summed E-state index contributed by atoms with van der Waals surface area (Å²) >= 11 is 0. The van der Waals surface area contributed by atoms with E-state index in [1.54, 1.807) is 0 Å². The van der Waals surface area contributed by atoms with Crippen molar-refractivity contribution in [2.45, 2.75) is 77.0 Å². The Morgan fingerprint density at radius 1 is 0.267 bits per heavy atom. The van der Waals surface area contributed by atoms with Crippen molar-refractivity contribution in [1.82, 2.24) is 9.13 Å². The number of hydrogen-bond donors (Lipinski definition) is 0. The van der Waals surface area contributed by atoms with Gasteiger partial charge in [-0.15, -0.1) is 0 Å². The Kier molecular flexibility index (Phi) is 8.18. The van der Waals surface area contributed by atoms with Crippen LogP contribution in [-0.2, 0) is 21.7 Å². The molecule has 3 heteroatoms. The van der Waals surface area contributed by atoms with Crippen LogP contribution in [0.4, 0.5) is 17.1 Å². The lowest BCUT2D eigenvalue weighted by Crippen LogP contribution is -2.30. The third-order valence-electron chi connectivity index (χ3n) is 18.8. The van der Waals surface area contributed by atoms with Crippen molar-refractivity contribution < 1.29 is 0 Å². The molecule has 3 heterocycles. The molecule has 360 valence electrons. The van der Waals surface area contributed by atoms with Crippen LogP contribution in [-0.4, -0.2) is 9.13 Å². The number of benzene rings is 10. The summed E-state index contributed by atoms with van der Waals surface area (Å²) in [4.78, 5) is 2.54. The van der Waals surface area contributed by atoms with Crippen molar-refractivity contribution in [2.75, 3.05) is 4.90 Å². The Balaban J connectivity index is 0.967. The van der Waals surface area contributed by atoms with Crippen LogP contribution >= 0.6 is 0 Å². The summed E-state index contributed by atoms with van der Waals surface area (Å²) in [5.41, 5.74) is 29.5. The first-order valence-electron chi connectivity index (χ1n) is 26.9. The maximum absolute atomic E-state index is 2.56. The minimum Gasteiger partial charge on any atom is -0.310 e. The molecule has 0 fully saturated rings. The maximum atomic E-state index is 2.56. The average Bonchev–Trinajstić information content (AvgIpc) is 4.17. The molecule has 16 rings (SSSR count). The average molecular weight is 964 g/mol. The topological polar surface area (TPSA) is 13.1 Å². The summed E-state index contributed by atoms with van der Waals surface area (Å²) in [6.45, 7) is 19.8. The Morgan fingerprint density at radius 3 is 0.920 bits per heavy atom. The fourth-order valence-corrected chi connectivity index (χ4v) is 15.4. The van der Waals surface area contributed by atoms with Gasteiger partial charge in [0.2, 0.25) is 0 Å². The summed E-state index contributed by atoms with van der Waals surface area (Å²) in [6, 6.07) is 76.0. The quantitative estimate of drug-likeness (QED) is 0.172. The number of fused-ring (bicyclic) bond motifs is 20. The van der Waals surface area contributed by atoms with Crippen LogP contribution in [0.1, 0.15) is 99.9 Å². The predicted octanol–water partition coefficient (Wildman–Crippen LogP) is 18.9. The Hall–Kier alpha value is -8.40. The van der Waals surface area contributed by atoms with Gasteiger partial charge < -0.3 is 14.0 Å². The van der Waals surface area contributed by atoms with Crippen molar-refractivity contribution in [1.29, 1.82) is 0 Å². The number of aromatic nitrogens is 2. The van der Waals surface area contributed by atoms with Crippen molar-refractivity contribution in [3.05, 3.63) is 245 Å². The standard InChI is InChI=1S/C72H57N3/c1-69(2)52-25-13-19-31-61(52)75(62-32-20-14-26-53(62)69)44-35-38-51-56(41-44)72(7,8)68-64-50-37-34-43(74-59-29-17-11-23-47(59)48-24-12-18-30-60(48)74)40-55(50)70(3,4)66(64)63-49-36-33-42(39-54(49)71(5,6)67(63)65(51)68)73-57-27-15-9-21-45(57)46-22-10-16-28-58(46)73/h9-41H,1-8H3. The van der Waals surface area contributed by atoms with E-state index in [1.807, 2.05) is 0 Å². The number of para-hydroxylation sites is 6. The van der Waals surface area contributed by atoms with Crippen molar-refractivity contribution >= 4 is 60.7 Å². The summed E-state index contributed by atoms with van der Waals surface area (Å²) in [5, 5.41) is 5.13. The Morgan fingerprint density at radius 2 is 0.560 bits per heavy atom. The van der Waals surface area contributed by atoms with Crippen LogP contribution in [0.2, 0.25) is 0 Å². The van der Waals surface area contributed by atoms with Gasteiger partial charge in [-0.3, -0.25) is 0 Å². The molecule has 0 N–H and O–H groups in total. The molecule has 0 radical (unpaired) electrons. The summed E-state index contributed by atoms with van der Waals surface area (Å²) in [7, 11) is 0. The van der Waals surface area contributed by atoms with Crippen LogP contribution in [0.25, 0.3) is 88.4 Å². The lowest BCUT2D eigenvalue weighted by molar-refractivity contribution is 0.631. The van der Waals surface area contributed by atoms with E-state index in [-0.39, 0.29) is 21.7 Å². The molecule has 0 saturated carbocycles. The van der Waals surface area contributed by atoms with Gasteiger partial charge in [-0.2, -0.15) is 0 Å². The molecule has 12 aromatic rings. The van der Waals surface area contributed by atoms with Crippen LogP contribution < -0.4 is 4.90 Å². The van der Waals surface area contributed by atoms with Gasteiger partial charge in [0.15, 0.2) is 0 Å². The van der Waals surface area contributed by atoms with E-state index in [0.29, 0.717) is 0 Å². The predicted molar refractivity (Wildman–Crippen MR) is 315 cm³/mol. The van der Waals surface area contributed by atoms with Gasteiger partial charge in [0.05, 0.1) is 33.4 Å². The molecule has 0 amide bonds. The number of nitrogens with zero attached hydrogens (tertiary/aromatic N) is 3. The Labute approximate surface area is 439 Å². The highest BCUT2D eigenvalue weighted by Gasteiger charge is 2.53. The molecule has 0 unspecified atom stereocenters. The monoisotopic (exact) mass is 963 g/mol. The molecule has 2 aromatic heterocycles. The SMILES string of the molecule is CC1(C)c2ccccc2N(c2ccc3c(c2)C(C)(C)c2c-3c3c(c4c2-c2ccc(-n5c6ccccc6c6ccccc65)cc2C4(C)C)-c2ccc(-n4c5ccccc5c5ccccc54)cc2C3(C)C)c2ccccc21. The molecule has 1 aliphatic heterocycles. The van der Waals surface area contributed by atoms with Crippen molar-refractivity contribution in [2.24, 2.45) is 0 Å². The molecular weight excluding hydrogens is 907 g/mol. The number of rotatable bonds is 3. The molecule has 3 nitrogen and oxygen atoms in total. The fourth-order valence-electron chi connectivity index (χ4n) is 15.4. The summed E-state index contributed by atoms with van der Waals surface area (Å²) in [5.74, 6) is 0. The van der Waals surface area contributed by atoms with Crippen molar-refractivity contribution in [3.8, 4) is 44.8 Å². The zero-order valence-corrected chi connectivity index (χ0v) is 43.9. The molecule has 0 atom stereocenters. The third kappa shape index (κ3) is 5.26. The highest BCUT2D eigenvalue weighted by Crippen LogP contribution is 2.68. The van der Waals surface area contributed by atoms with Crippen LogP contribution in [0.3, 0.4) is 0 Å². The van der Waals surface area contributed by atoms with E-state index in [9.17, 15) is 0 Å². The normalized spacial score (nSPS) is 16.4. The number of hydrogen-bond acceptors (Lipinski definition) is 1. The molecule has 4 aliphatic rings. The molecule has 0 bridgehead atoms. The first-order chi connectivity index (χ1) is 36.3. The second-order valence-electron chi connectivity index (χ2n) is 24.0. The number of anilines is 3. The second-order valence-corrected chi connectivity index (χ2v) is 24.0. The van der Waals surface area contributed by atoms with E-state index < -0.39 is 0 Å². The van der Waals surface area contributed by atoms with E-state index in [4.69, 9.17) is 0 Å². The van der Waals surface area contributed by atoms with E-state index in [1.165, 1.54) is 150 Å². The minimum atomic E-state index is -0.337. The Bertz CT molecular complexity index is 4270. The lowest BCUT2D eigenvalue weighted by Gasteiger charge is -2.42. The highest BCUT2D eigenvalue weighted by molar-refractivity contribution is 6.11. The molecule has 10 aromatic carbocycles. The molecule has 0 spiro atoms. The smallest absolute Gasteiger partial charge is 0.0541 e. The van der Waals surface area contributed by atoms with E-state index in [2.05, 4.69) is 270 Å². The largest absolute Gasteiger partial charge is 0.310 e. The van der Waals surface area contributed by atoms with Crippen LogP contribution in [0, 0.1) is 0 Å². The molecule has 0 saturated heterocycles. The summed E-state index contributed by atoms with van der Waals surface area (Å²) < 4.78 is 4.99. The highest BCUT2D eigenvalue weighted by atomic mass is 15.2. The van der Waals surface area contributed by atoms with E-state index >= 15 is 0 Å². The second kappa shape index (κ2) is 14.3. The zero-order valence-electron chi connectivity index (χ0n) is 43.9. The van der Waals surface area contributed by atoms with Crippen LogP contribution in [0.5, 0.6) is 0 Å². The van der Waals surface area contributed by atoms with E-state index in [0.717, 1.165) is 0 Å². The first-order valence-corrected chi connectivity index (χ1v) is 26.9. The minimum absolute atomic E-state index is 0.138. The van der Waals surface area contributed by atoms with Gasteiger partial charge >= 0.3 is 0 Å². The summed E-state index contributed by atoms with van der Waals surface area (Å²) in [6.07, 6.45) is 0. The third-order valence-corrected chi connectivity index (χ3v) is 18.8. The van der Waals surface area contributed by atoms with Crippen molar-refractivity contribution in [3.63, 3.8) is 0 Å². The van der Waals surface area contributed by atoms with Gasteiger partial charge in [0, 0.05) is 60.3 Å². The van der Waals surface area contributed by atoms with Gasteiger partial charge in [-0.1, -0.05) is 183 Å². The molecular formula is C72H57N3. The first kappa shape index (κ1) is 43.0. The molecule has 75 heavy (non-hydrogen) atoms. The lowest BCUT2D eigenvalue weighted by atomic mass is 9.71. The van der Waals surface area contributed by atoms with Gasteiger partial charge in [-0.25, -0.2) is 0 Å². The van der Waals surface area contributed by atoms with Gasteiger partial charge in [0.1, 0.15) is 0 Å². The van der Waals surface area contributed by atoms with Crippen LogP contribution in [0.15, 0.2) is 200 Å². The zero-order chi connectivity index (χ0) is 50.7. The maximum Gasteiger partial charge on any atom is 0.0541 e. The fraction of sp³-hybridized carbons (Fsp3) is 0.167. The van der Waals surface area contributed by atoms with Gasteiger partial charge in [0.25, 0.3) is 0 Å². The van der Waals surface area contributed by atoms with Gasteiger partial charge in [-0.05, 0) is 151 Å². The molecule has 3 aliphatic carbocycles.